The van der Waals surface area contributed by atoms with Gasteiger partial charge in [-0.15, -0.1) is 0 Å². The predicted molar refractivity (Wildman–Crippen MR) is 82.6 cm³/mol. The Morgan fingerprint density at radius 2 is 1.77 bits per heavy atom. The molecule has 1 aromatic heterocycles. The van der Waals surface area contributed by atoms with Crippen molar-refractivity contribution in [3.63, 3.8) is 0 Å². The van der Waals surface area contributed by atoms with Gasteiger partial charge < -0.3 is 14.0 Å². The van der Waals surface area contributed by atoms with Gasteiger partial charge in [0.25, 0.3) is 0 Å². The van der Waals surface area contributed by atoms with E-state index in [-0.39, 0.29) is 0 Å². The molecule has 1 heterocycles. The number of sulfonamides is 1. The van der Waals surface area contributed by atoms with E-state index in [1.165, 1.54) is 14.2 Å². The summed E-state index contributed by atoms with van der Waals surface area (Å²) in [6.07, 6.45) is 4.48. The van der Waals surface area contributed by atoms with Crippen LogP contribution in [0, 0.1) is 0 Å². The molecular weight excluding hydrogens is 306 g/mol. The zero-order valence-corrected chi connectivity index (χ0v) is 13.7. The Hall–Kier alpha value is -2.06. The first-order valence-electron chi connectivity index (χ1n) is 6.51. The quantitative estimate of drug-likeness (QED) is 0.859. The molecule has 1 N–H and O–H groups in total. The molecule has 0 saturated heterocycles. The van der Waals surface area contributed by atoms with E-state index in [1.54, 1.807) is 42.2 Å². The summed E-state index contributed by atoms with van der Waals surface area (Å²) in [5, 5.41) is 0. The number of rotatable bonds is 6. The third kappa shape index (κ3) is 3.77. The average Bonchev–Trinajstić information content (AvgIpc) is 2.89. The highest BCUT2D eigenvalue weighted by molar-refractivity contribution is 7.88. The Morgan fingerprint density at radius 3 is 2.18 bits per heavy atom. The molecule has 8 heteroatoms. The van der Waals surface area contributed by atoms with Gasteiger partial charge in [0.2, 0.25) is 10.0 Å². The molecule has 0 amide bonds. The molecule has 0 aliphatic rings. The van der Waals surface area contributed by atoms with E-state index in [0.717, 1.165) is 6.26 Å². The fourth-order valence-corrected chi connectivity index (χ4v) is 2.80. The van der Waals surface area contributed by atoms with Crippen LogP contribution in [-0.4, -0.2) is 38.4 Å². The molecule has 0 bridgehead atoms. The van der Waals surface area contributed by atoms with Crippen molar-refractivity contribution in [1.82, 2.24) is 14.3 Å². The first kappa shape index (κ1) is 16.3. The number of ether oxygens (including phenoxy) is 2. The van der Waals surface area contributed by atoms with E-state index in [1.807, 2.05) is 0 Å². The fraction of sp³-hybridized carbons (Fsp3) is 0.357. The summed E-state index contributed by atoms with van der Waals surface area (Å²) in [5.74, 6) is 1.72. The lowest BCUT2D eigenvalue weighted by Crippen LogP contribution is -2.30. The van der Waals surface area contributed by atoms with E-state index in [2.05, 4.69) is 9.71 Å². The standard InChI is InChI=1S/C14H19N3O4S/c1-17-6-5-15-14(17)13(16-22(4,18)19)10-7-11(20-2)9-12(8-10)21-3/h5-9,13,16H,1-4H3. The van der Waals surface area contributed by atoms with Gasteiger partial charge in [0, 0.05) is 25.5 Å². The van der Waals surface area contributed by atoms with E-state index in [9.17, 15) is 8.42 Å². The van der Waals surface area contributed by atoms with Gasteiger partial charge in [-0.1, -0.05) is 0 Å². The smallest absolute Gasteiger partial charge is 0.209 e. The van der Waals surface area contributed by atoms with Crippen molar-refractivity contribution in [2.45, 2.75) is 6.04 Å². The van der Waals surface area contributed by atoms with Crippen molar-refractivity contribution in [2.75, 3.05) is 20.5 Å². The fourth-order valence-electron chi connectivity index (χ4n) is 2.14. The number of hydrogen-bond donors (Lipinski definition) is 1. The molecule has 0 spiro atoms. The number of benzene rings is 1. The summed E-state index contributed by atoms with van der Waals surface area (Å²) in [5.41, 5.74) is 0.677. The molecule has 0 saturated carbocycles. The number of aryl methyl sites for hydroxylation is 1. The first-order chi connectivity index (χ1) is 10.3. The number of hydrogen-bond acceptors (Lipinski definition) is 5. The maximum absolute atomic E-state index is 11.7. The van der Waals surface area contributed by atoms with Crippen LogP contribution in [0.3, 0.4) is 0 Å². The summed E-state index contributed by atoms with van der Waals surface area (Å²) < 4.78 is 38.3. The lowest BCUT2D eigenvalue weighted by molar-refractivity contribution is 0.392. The van der Waals surface area contributed by atoms with Gasteiger partial charge in [-0.05, 0) is 17.7 Å². The normalized spacial score (nSPS) is 12.9. The van der Waals surface area contributed by atoms with Gasteiger partial charge in [-0.3, -0.25) is 0 Å². The van der Waals surface area contributed by atoms with Crippen LogP contribution < -0.4 is 14.2 Å². The minimum atomic E-state index is -3.44. The van der Waals surface area contributed by atoms with E-state index >= 15 is 0 Å². The molecular formula is C14H19N3O4S. The molecule has 0 aliphatic carbocycles. The molecule has 7 nitrogen and oxygen atoms in total. The van der Waals surface area contributed by atoms with Gasteiger partial charge in [0.15, 0.2) is 0 Å². The summed E-state index contributed by atoms with van der Waals surface area (Å²) in [6.45, 7) is 0. The molecule has 0 aliphatic heterocycles. The van der Waals surface area contributed by atoms with Gasteiger partial charge in [-0.2, -0.15) is 0 Å². The zero-order chi connectivity index (χ0) is 16.3. The topological polar surface area (TPSA) is 82.4 Å². The molecule has 1 aromatic carbocycles. The third-order valence-corrected chi connectivity index (χ3v) is 3.82. The largest absolute Gasteiger partial charge is 0.497 e. The van der Waals surface area contributed by atoms with Gasteiger partial charge >= 0.3 is 0 Å². The Morgan fingerprint density at radius 1 is 1.18 bits per heavy atom. The second kappa shape index (κ2) is 6.37. The molecule has 1 atom stereocenters. The Labute approximate surface area is 129 Å². The van der Waals surface area contributed by atoms with Crippen molar-refractivity contribution in [3.05, 3.63) is 42.0 Å². The van der Waals surface area contributed by atoms with Gasteiger partial charge in [-0.25, -0.2) is 18.1 Å². The van der Waals surface area contributed by atoms with Crippen molar-refractivity contribution in [1.29, 1.82) is 0 Å². The molecule has 2 rings (SSSR count). The van der Waals surface area contributed by atoms with Crippen LogP contribution in [0.15, 0.2) is 30.6 Å². The van der Waals surface area contributed by atoms with Crippen molar-refractivity contribution >= 4 is 10.0 Å². The second-order valence-corrected chi connectivity index (χ2v) is 6.65. The highest BCUT2D eigenvalue weighted by Crippen LogP contribution is 2.29. The monoisotopic (exact) mass is 325 g/mol. The summed E-state index contributed by atoms with van der Waals surface area (Å²) in [4.78, 5) is 4.24. The number of imidazole rings is 1. The van der Waals surface area contributed by atoms with Crippen molar-refractivity contribution < 1.29 is 17.9 Å². The SMILES string of the molecule is COc1cc(OC)cc(C(NS(C)(=O)=O)c2nccn2C)c1. The van der Waals surface area contributed by atoms with Gasteiger partial charge in [0.05, 0.1) is 20.5 Å². The highest BCUT2D eigenvalue weighted by atomic mass is 32.2. The van der Waals surface area contributed by atoms with Crippen LogP contribution in [0.1, 0.15) is 17.4 Å². The molecule has 1 unspecified atom stereocenters. The van der Waals surface area contributed by atoms with Crippen LogP contribution in [0.5, 0.6) is 11.5 Å². The first-order valence-corrected chi connectivity index (χ1v) is 8.40. The summed E-state index contributed by atoms with van der Waals surface area (Å²) in [6, 6.07) is 4.58. The molecule has 0 radical (unpaired) electrons. The molecule has 2 aromatic rings. The van der Waals surface area contributed by atoms with Crippen molar-refractivity contribution in [2.24, 2.45) is 7.05 Å². The maximum Gasteiger partial charge on any atom is 0.209 e. The van der Waals surface area contributed by atoms with E-state index < -0.39 is 16.1 Å². The lowest BCUT2D eigenvalue weighted by Gasteiger charge is -2.19. The average molecular weight is 325 g/mol. The molecule has 22 heavy (non-hydrogen) atoms. The number of nitrogens with one attached hydrogen (secondary N) is 1. The lowest BCUT2D eigenvalue weighted by atomic mass is 10.1. The molecule has 120 valence electrons. The number of nitrogens with zero attached hydrogens (tertiary/aromatic N) is 2. The van der Waals surface area contributed by atoms with Crippen molar-refractivity contribution in [3.8, 4) is 11.5 Å². The minimum Gasteiger partial charge on any atom is -0.497 e. The molecule has 0 fully saturated rings. The highest BCUT2D eigenvalue weighted by Gasteiger charge is 2.23. The van der Waals surface area contributed by atoms with Crippen LogP contribution in [0.4, 0.5) is 0 Å². The zero-order valence-electron chi connectivity index (χ0n) is 12.9. The third-order valence-electron chi connectivity index (χ3n) is 3.16. The van der Waals surface area contributed by atoms with Crippen LogP contribution in [-0.2, 0) is 17.1 Å². The van der Waals surface area contributed by atoms with E-state index in [0.29, 0.717) is 22.9 Å². The van der Waals surface area contributed by atoms with Gasteiger partial charge in [0.1, 0.15) is 23.4 Å². The van der Waals surface area contributed by atoms with Crippen LogP contribution >= 0.6 is 0 Å². The van der Waals surface area contributed by atoms with E-state index in [4.69, 9.17) is 9.47 Å². The summed E-state index contributed by atoms with van der Waals surface area (Å²) in [7, 11) is 1.44. The Kier molecular flexibility index (Phi) is 4.72. The van der Waals surface area contributed by atoms with Crippen LogP contribution in [0.2, 0.25) is 0 Å². The van der Waals surface area contributed by atoms with Crippen LogP contribution in [0.25, 0.3) is 0 Å². The predicted octanol–water partition coefficient (Wildman–Crippen LogP) is 1.08. The summed E-state index contributed by atoms with van der Waals surface area (Å²) >= 11 is 0. The second-order valence-electron chi connectivity index (χ2n) is 4.87. The minimum absolute atomic E-state index is 0.570. The Bertz CT molecular complexity index is 733. The Balaban J connectivity index is 2.56. The number of aromatic nitrogens is 2. The maximum atomic E-state index is 11.7. The number of methoxy groups -OCH3 is 2.